The summed E-state index contributed by atoms with van der Waals surface area (Å²) in [7, 11) is 0. The largest absolute Gasteiger partial charge is 0.477 e. The number of anilines is 1. The maximum Gasteiger partial charge on any atom is 0.354 e. The van der Waals surface area contributed by atoms with Gasteiger partial charge in [0.2, 0.25) is 0 Å². The van der Waals surface area contributed by atoms with Crippen molar-refractivity contribution in [1.29, 1.82) is 0 Å². The van der Waals surface area contributed by atoms with Crippen LogP contribution in [0.15, 0.2) is 23.7 Å². The Morgan fingerprint density at radius 1 is 1.50 bits per heavy atom. The van der Waals surface area contributed by atoms with E-state index in [1.807, 2.05) is 12.4 Å². The van der Waals surface area contributed by atoms with Crippen LogP contribution in [0.4, 0.5) is 5.82 Å². The fourth-order valence-corrected chi connectivity index (χ4v) is 2.30. The highest BCUT2D eigenvalue weighted by molar-refractivity contribution is 7.09. The lowest BCUT2D eigenvalue weighted by atomic mass is 10.3. The molecular weight excluding hydrogens is 250 g/mol. The van der Waals surface area contributed by atoms with E-state index in [0.717, 1.165) is 12.1 Å². The molecule has 0 aliphatic heterocycles. The summed E-state index contributed by atoms with van der Waals surface area (Å²) in [6, 6.07) is 4.91. The molecular formula is C12H13N3O2S. The summed E-state index contributed by atoms with van der Waals surface area (Å²) in [5, 5.41) is 11.9. The van der Waals surface area contributed by atoms with Gasteiger partial charge >= 0.3 is 5.97 Å². The van der Waals surface area contributed by atoms with Gasteiger partial charge in [-0.2, -0.15) is 0 Å². The Kier molecular flexibility index (Phi) is 3.88. The second-order valence-corrected chi connectivity index (χ2v) is 4.69. The normalized spacial score (nSPS) is 10.3. The van der Waals surface area contributed by atoms with Gasteiger partial charge in [-0.1, -0.05) is 6.07 Å². The molecule has 5 nitrogen and oxygen atoms in total. The number of aryl methyl sites for hydroxylation is 1. The highest BCUT2D eigenvalue weighted by Gasteiger charge is 2.05. The van der Waals surface area contributed by atoms with E-state index < -0.39 is 5.97 Å². The zero-order valence-corrected chi connectivity index (χ0v) is 10.7. The van der Waals surface area contributed by atoms with Crippen LogP contribution in [-0.2, 0) is 6.42 Å². The average Bonchev–Trinajstić information content (AvgIpc) is 2.76. The van der Waals surface area contributed by atoms with Crippen LogP contribution in [0.2, 0.25) is 0 Å². The minimum absolute atomic E-state index is 0.0500. The standard InChI is InChI=1S/C12H13N3O2S/c1-8-10(18-7-14-8)5-6-13-11-4-2-3-9(15-11)12(16)17/h2-4,7H,5-6H2,1H3,(H,13,15)(H,16,17). The van der Waals surface area contributed by atoms with E-state index in [2.05, 4.69) is 15.3 Å². The molecule has 0 saturated carbocycles. The zero-order chi connectivity index (χ0) is 13.0. The first-order chi connectivity index (χ1) is 8.66. The molecule has 6 heteroatoms. The van der Waals surface area contributed by atoms with E-state index in [9.17, 15) is 4.79 Å². The molecule has 2 N–H and O–H groups in total. The van der Waals surface area contributed by atoms with Crippen LogP contribution in [0.25, 0.3) is 0 Å². The molecule has 94 valence electrons. The molecule has 2 aromatic rings. The number of thiazole rings is 1. The third-order valence-electron chi connectivity index (χ3n) is 2.47. The molecule has 0 aromatic carbocycles. The Morgan fingerprint density at radius 3 is 3.00 bits per heavy atom. The number of carboxylic acid groups (broad SMARTS) is 1. The van der Waals surface area contributed by atoms with Gasteiger partial charge in [-0.3, -0.25) is 0 Å². The molecule has 2 heterocycles. The van der Waals surface area contributed by atoms with Crippen LogP contribution in [0, 0.1) is 6.92 Å². The second kappa shape index (κ2) is 5.59. The Labute approximate surface area is 109 Å². The van der Waals surface area contributed by atoms with Crippen LogP contribution in [-0.4, -0.2) is 27.6 Å². The minimum Gasteiger partial charge on any atom is -0.477 e. The molecule has 18 heavy (non-hydrogen) atoms. The Morgan fingerprint density at radius 2 is 2.33 bits per heavy atom. The van der Waals surface area contributed by atoms with E-state index >= 15 is 0 Å². The van der Waals surface area contributed by atoms with Gasteiger partial charge in [0.05, 0.1) is 11.2 Å². The average molecular weight is 263 g/mol. The molecule has 0 bridgehead atoms. The van der Waals surface area contributed by atoms with Gasteiger partial charge in [0.25, 0.3) is 0 Å². The lowest BCUT2D eigenvalue weighted by molar-refractivity contribution is 0.0690. The Bertz CT molecular complexity index is 554. The van der Waals surface area contributed by atoms with Gasteiger partial charge in [-0.15, -0.1) is 11.3 Å². The first-order valence-corrected chi connectivity index (χ1v) is 6.38. The SMILES string of the molecule is Cc1ncsc1CCNc1cccc(C(=O)O)n1. The first-order valence-electron chi connectivity index (χ1n) is 5.50. The monoisotopic (exact) mass is 263 g/mol. The van der Waals surface area contributed by atoms with E-state index in [4.69, 9.17) is 5.11 Å². The highest BCUT2D eigenvalue weighted by atomic mass is 32.1. The van der Waals surface area contributed by atoms with Crippen molar-refractivity contribution in [2.45, 2.75) is 13.3 Å². The number of aromatic nitrogens is 2. The van der Waals surface area contributed by atoms with Crippen molar-refractivity contribution >= 4 is 23.1 Å². The van der Waals surface area contributed by atoms with Crippen molar-refractivity contribution in [3.05, 3.63) is 40.0 Å². The van der Waals surface area contributed by atoms with Crippen LogP contribution in [0.5, 0.6) is 0 Å². The number of carboxylic acids is 1. The summed E-state index contributed by atoms with van der Waals surface area (Å²) in [6.45, 7) is 2.69. The number of rotatable bonds is 5. The summed E-state index contributed by atoms with van der Waals surface area (Å²) in [5.41, 5.74) is 2.93. The molecule has 2 rings (SSSR count). The highest BCUT2D eigenvalue weighted by Crippen LogP contribution is 2.13. The Balaban J connectivity index is 1.92. The number of nitrogens with one attached hydrogen (secondary N) is 1. The predicted molar refractivity (Wildman–Crippen MR) is 70.2 cm³/mol. The zero-order valence-electron chi connectivity index (χ0n) is 9.88. The predicted octanol–water partition coefficient (Wildman–Crippen LogP) is 2.20. The van der Waals surface area contributed by atoms with Crippen LogP contribution in [0.3, 0.4) is 0 Å². The van der Waals surface area contributed by atoms with E-state index in [1.54, 1.807) is 23.5 Å². The second-order valence-electron chi connectivity index (χ2n) is 3.75. The lowest BCUT2D eigenvalue weighted by Crippen LogP contribution is -2.08. The maximum atomic E-state index is 10.8. The molecule has 0 aliphatic carbocycles. The molecule has 0 fully saturated rings. The van der Waals surface area contributed by atoms with Crippen LogP contribution in [0.1, 0.15) is 21.1 Å². The number of aromatic carboxylic acids is 1. The smallest absolute Gasteiger partial charge is 0.354 e. The van der Waals surface area contributed by atoms with Crippen molar-refractivity contribution in [3.63, 3.8) is 0 Å². The van der Waals surface area contributed by atoms with Gasteiger partial charge < -0.3 is 10.4 Å². The number of carbonyl (C=O) groups is 1. The van der Waals surface area contributed by atoms with E-state index in [0.29, 0.717) is 12.4 Å². The number of hydrogen-bond acceptors (Lipinski definition) is 5. The summed E-state index contributed by atoms with van der Waals surface area (Å²) >= 11 is 1.63. The van der Waals surface area contributed by atoms with Crippen molar-refractivity contribution in [2.24, 2.45) is 0 Å². The van der Waals surface area contributed by atoms with Crippen molar-refractivity contribution in [2.75, 3.05) is 11.9 Å². The van der Waals surface area contributed by atoms with Crippen molar-refractivity contribution in [1.82, 2.24) is 9.97 Å². The van der Waals surface area contributed by atoms with E-state index in [1.165, 1.54) is 10.9 Å². The van der Waals surface area contributed by atoms with Gasteiger partial charge in [-0.05, 0) is 19.1 Å². The molecule has 2 aromatic heterocycles. The third-order valence-corrected chi connectivity index (χ3v) is 3.47. The van der Waals surface area contributed by atoms with Gasteiger partial charge in [0, 0.05) is 17.8 Å². The summed E-state index contributed by atoms with van der Waals surface area (Å²) in [6.07, 6.45) is 0.857. The molecule has 0 unspecified atom stereocenters. The Hall–Kier alpha value is -1.95. The molecule has 0 aliphatic rings. The molecule has 0 atom stereocenters. The summed E-state index contributed by atoms with van der Waals surface area (Å²) in [5.74, 6) is -0.436. The number of pyridine rings is 1. The lowest BCUT2D eigenvalue weighted by Gasteiger charge is -2.05. The third kappa shape index (κ3) is 3.04. The fraction of sp³-hybridized carbons (Fsp3) is 0.250. The van der Waals surface area contributed by atoms with Crippen molar-refractivity contribution in [3.8, 4) is 0 Å². The summed E-state index contributed by atoms with van der Waals surface area (Å²) in [4.78, 5) is 20.2. The maximum absolute atomic E-state index is 10.8. The molecule has 0 amide bonds. The summed E-state index contributed by atoms with van der Waals surface area (Å²) < 4.78 is 0. The van der Waals surface area contributed by atoms with Crippen LogP contribution < -0.4 is 5.32 Å². The first kappa shape index (κ1) is 12.5. The quantitative estimate of drug-likeness (QED) is 0.865. The van der Waals surface area contributed by atoms with Gasteiger partial charge in [-0.25, -0.2) is 14.8 Å². The van der Waals surface area contributed by atoms with E-state index in [-0.39, 0.29) is 5.69 Å². The molecule has 0 radical (unpaired) electrons. The minimum atomic E-state index is -1.02. The van der Waals surface area contributed by atoms with Gasteiger partial charge in [0.15, 0.2) is 5.69 Å². The van der Waals surface area contributed by atoms with Crippen molar-refractivity contribution < 1.29 is 9.90 Å². The number of hydrogen-bond donors (Lipinski definition) is 2. The topological polar surface area (TPSA) is 75.1 Å². The molecule has 0 saturated heterocycles. The van der Waals surface area contributed by atoms with Gasteiger partial charge in [0.1, 0.15) is 5.82 Å². The number of nitrogens with zero attached hydrogens (tertiary/aromatic N) is 2. The fourth-order valence-electron chi connectivity index (χ4n) is 1.52. The molecule has 0 spiro atoms. The van der Waals surface area contributed by atoms with Crippen LogP contribution >= 0.6 is 11.3 Å².